The highest BCUT2D eigenvalue weighted by Gasteiger charge is 2.16. The lowest BCUT2D eigenvalue weighted by atomic mass is 10.0. The van der Waals surface area contributed by atoms with Crippen molar-refractivity contribution in [2.75, 3.05) is 0 Å². The van der Waals surface area contributed by atoms with E-state index in [9.17, 15) is 27.6 Å². The van der Waals surface area contributed by atoms with Gasteiger partial charge in [0.25, 0.3) is 17.7 Å². The Hall–Kier alpha value is -7.47. The highest BCUT2D eigenvalue weighted by Crippen LogP contribution is 2.26. The minimum atomic E-state index is -0.301. The molecule has 0 radical (unpaired) electrons. The van der Waals surface area contributed by atoms with Crippen LogP contribution in [0.1, 0.15) is 72.2 Å². The molecule has 0 atom stereocenters. The van der Waals surface area contributed by atoms with Gasteiger partial charge in [-0.25, -0.2) is 27.2 Å². The van der Waals surface area contributed by atoms with Gasteiger partial charge in [0.15, 0.2) is 0 Å². The van der Waals surface area contributed by atoms with Gasteiger partial charge in [0.05, 0.1) is 22.8 Å². The van der Waals surface area contributed by atoms with Gasteiger partial charge in [-0.3, -0.25) is 14.4 Å². The quantitative estimate of drug-likeness (QED) is 0.141. The highest BCUT2D eigenvalue weighted by atomic mass is 19.1. The molecule has 0 N–H and O–H groups in total. The van der Waals surface area contributed by atoms with E-state index in [0.717, 1.165) is 68.4 Å². The van der Waals surface area contributed by atoms with Crippen LogP contribution in [0.25, 0.3) is 29.4 Å². The molecule has 7 aromatic rings. The van der Waals surface area contributed by atoms with E-state index in [2.05, 4.69) is 15.3 Å². The Kier molecular flexibility index (Phi) is 15.4. The van der Waals surface area contributed by atoms with Crippen molar-refractivity contribution in [1.29, 1.82) is 0 Å². The number of rotatable bonds is 8. The Balaban J connectivity index is 0.000000176. The van der Waals surface area contributed by atoms with E-state index in [-0.39, 0.29) is 35.2 Å². The lowest BCUT2D eigenvalue weighted by Gasteiger charge is -2.02. The minimum absolute atomic E-state index is 0.207. The van der Waals surface area contributed by atoms with Crippen LogP contribution in [-0.4, -0.2) is 47.1 Å². The highest BCUT2D eigenvalue weighted by molar-refractivity contribution is 5.95. The van der Waals surface area contributed by atoms with Gasteiger partial charge in [-0.2, -0.15) is 15.3 Å². The van der Waals surface area contributed by atoms with Crippen molar-refractivity contribution >= 4 is 35.9 Å². The zero-order valence-corrected chi connectivity index (χ0v) is 34.7. The molecule has 0 spiro atoms. The van der Waals surface area contributed by atoms with Crippen LogP contribution in [-0.2, 0) is 6.42 Å². The Morgan fingerprint density at radius 2 is 0.934 bits per heavy atom. The molecule has 12 heteroatoms. The number of carbonyl (C=O) groups is 3. The fourth-order valence-electron chi connectivity index (χ4n) is 6.10. The molecule has 0 bridgehead atoms. The molecule has 310 valence electrons. The van der Waals surface area contributed by atoms with E-state index in [4.69, 9.17) is 0 Å². The molecule has 61 heavy (non-hydrogen) atoms. The van der Waals surface area contributed by atoms with Gasteiger partial charge in [0.2, 0.25) is 0 Å². The van der Waals surface area contributed by atoms with Gasteiger partial charge in [-0.1, -0.05) is 73.7 Å². The predicted molar refractivity (Wildman–Crippen MR) is 233 cm³/mol. The number of hydrogen-bond donors (Lipinski definition) is 0. The second-order valence-electron chi connectivity index (χ2n) is 13.9. The topological polar surface area (TPSA) is 105 Å². The van der Waals surface area contributed by atoms with Crippen LogP contribution in [0.3, 0.4) is 0 Å². The lowest BCUT2D eigenvalue weighted by Crippen LogP contribution is -2.11. The van der Waals surface area contributed by atoms with Crippen molar-refractivity contribution < 1.29 is 27.6 Å². The predicted octanol–water partition coefficient (Wildman–Crippen LogP) is 10.9. The van der Waals surface area contributed by atoms with Crippen LogP contribution >= 0.6 is 0 Å². The van der Waals surface area contributed by atoms with Crippen LogP contribution in [0.4, 0.5) is 13.2 Å². The normalized spacial score (nSPS) is 11.1. The maximum Gasteiger partial charge on any atom is 0.271 e. The molecule has 0 aliphatic carbocycles. The second kappa shape index (κ2) is 21.0. The molecule has 0 saturated carbocycles. The first-order valence-corrected chi connectivity index (χ1v) is 19.4. The van der Waals surface area contributed by atoms with E-state index in [1.807, 2.05) is 84.0 Å². The van der Waals surface area contributed by atoms with E-state index < -0.39 is 0 Å². The number of aryl methyl sites for hydroxylation is 5. The molecule has 9 nitrogen and oxygen atoms in total. The summed E-state index contributed by atoms with van der Waals surface area (Å²) in [6, 6.07) is 31.5. The summed E-state index contributed by atoms with van der Waals surface area (Å²) < 4.78 is 42.5. The average Bonchev–Trinajstić information content (AvgIpc) is 3.92. The SMILES string of the molecule is CCc1cc(C)n(C(=O)/C=C/c2ccc(F)cc2)n1.Cc1cc(C)n(C(=O)/C=C/c2ccc(F)cc2)n1.Cc1nn(C(=O)/C=C/c2ccc(F)cc2)c(C)c1-c1ccccc1. The maximum absolute atomic E-state index is 12.9. The molecule has 0 saturated heterocycles. The number of nitrogens with zero attached hydrogens (tertiary/aromatic N) is 6. The molecule has 0 unspecified atom stereocenters. The first-order chi connectivity index (χ1) is 29.2. The smallest absolute Gasteiger partial charge is 0.267 e. The van der Waals surface area contributed by atoms with E-state index in [1.165, 1.54) is 68.7 Å². The van der Waals surface area contributed by atoms with Crippen LogP contribution in [0.15, 0.2) is 133 Å². The monoisotopic (exact) mass is 822 g/mol. The first-order valence-electron chi connectivity index (χ1n) is 19.4. The summed E-state index contributed by atoms with van der Waals surface area (Å²) in [6.07, 6.45) is 10.0. The molecule has 3 aromatic heterocycles. The van der Waals surface area contributed by atoms with Gasteiger partial charge in [-0.15, -0.1) is 0 Å². The van der Waals surface area contributed by atoms with Crippen molar-refractivity contribution in [1.82, 2.24) is 29.3 Å². The summed E-state index contributed by atoms with van der Waals surface area (Å²) in [5, 5.41) is 12.7. The summed E-state index contributed by atoms with van der Waals surface area (Å²) in [5.74, 6) is -1.55. The standard InChI is InChI=1S/C20H17FN2O.C15H15FN2O.C14H13FN2O/c1-14-20(17-6-4-3-5-7-17)15(2)23(22-14)19(24)13-10-16-8-11-18(21)12-9-16;1-3-14-10-11(2)18(17-14)15(19)9-6-12-4-7-13(16)8-5-12;1-10-9-11(2)17(16-10)14(18)8-5-12-3-6-13(15)7-4-12/h3-13H,1-2H3;4-10H,3H2,1-2H3;3-9H,1-2H3/b13-10+;9-6+;8-5+. The van der Waals surface area contributed by atoms with Gasteiger partial charge in [0, 0.05) is 35.2 Å². The summed E-state index contributed by atoms with van der Waals surface area (Å²) in [5.41, 5.74) is 9.21. The Bertz CT molecular complexity index is 2690. The third-order valence-electron chi connectivity index (χ3n) is 9.16. The van der Waals surface area contributed by atoms with E-state index in [1.54, 1.807) is 54.6 Å². The molecular formula is C49H45F3N6O3. The Morgan fingerprint density at radius 3 is 1.33 bits per heavy atom. The van der Waals surface area contributed by atoms with Crippen LogP contribution in [0.5, 0.6) is 0 Å². The molecule has 0 aliphatic heterocycles. The van der Waals surface area contributed by atoms with E-state index in [0.29, 0.717) is 0 Å². The second-order valence-corrected chi connectivity index (χ2v) is 13.9. The minimum Gasteiger partial charge on any atom is -0.267 e. The lowest BCUT2D eigenvalue weighted by molar-refractivity contribution is 0.0944. The van der Waals surface area contributed by atoms with Crippen molar-refractivity contribution in [3.8, 4) is 11.1 Å². The third-order valence-corrected chi connectivity index (χ3v) is 9.16. The van der Waals surface area contributed by atoms with Gasteiger partial charge < -0.3 is 0 Å². The summed E-state index contributed by atoms with van der Waals surface area (Å²) >= 11 is 0. The molecule has 3 heterocycles. The number of hydrogen-bond acceptors (Lipinski definition) is 6. The summed E-state index contributed by atoms with van der Waals surface area (Å²) in [7, 11) is 0. The molecule has 0 amide bonds. The number of benzene rings is 4. The molecule has 7 rings (SSSR count). The molecule has 0 fully saturated rings. The fourth-order valence-corrected chi connectivity index (χ4v) is 6.10. The Labute approximate surface area is 352 Å². The van der Waals surface area contributed by atoms with Crippen molar-refractivity contribution in [2.24, 2.45) is 0 Å². The van der Waals surface area contributed by atoms with Gasteiger partial charge >= 0.3 is 0 Å². The van der Waals surface area contributed by atoms with Crippen molar-refractivity contribution in [2.45, 2.75) is 48.0 Å². The van der Waals surface area contributed by atoms with E-state index >= 15 is 0 Å². The maximum atomic E-state index is 12.9. The number of allylic oxidation sites excluding steroid dienone is 3. The zero-order chi connectivity index (χ0) is 44.1. The van der Waals surface area contributed by atoms with Crippen molar-refractivity contribution in [3.63, 3.8) is 0 Å². The first kappa shape index (κ1) is 44.6. The zero-order valence-electron chi connectivity index (χ0n) is 34.7. The van der Waals surface area contributed by atoms with Gasteiger partial charge in [-0.05, 0) is 130 Å². The van der Waals surface area contributed by atoms with Crippen LogP contribution in [0.2, 0.25) is 0 Å². The summed E-state index contributed by atoms with van der Waals surface area (Å²) in [4.78, 5) is 36.3. The number of carbonyl (C=O) groups excluding carboxylic acids is 3. The number of aromatic nitrogens is 6. The van der Waals surface area contributed by atoms with Crippen LogP contribution in [0, 0.1) is 52.1 Å². The summed E-state index contributed by atoms with van der Waals surface area (Å²) in [6.45, 7) is 11.3. The fraction of sp³-hybridized carbons (Fsp3) is 0.143. The third kappa shape index (κ3) is 12.5. The van der Waals surface area contributed by atoms with Crippen molar-refractivity contribution in [3.05, 3.63) is 202 Å². The Morgan fingerprint density at radius 1 is 0.525 bits per heavy atom. The largest absolute Gasteiger partial charge is 0.271 e. The van der Waals surface area contributed by atoms with Gasteiger partial charge in [0.1, 0.15) is 17.5 Å². The molecule has 0 aliphatic rings. The molecule has 4 aromatic carbocycles. The van der Waals surface area contributed by atoms with Crippen LogP contribution < -0.4 is 0 Å². The molecular weight excluding hydrogens is 778 g/mol. The number of halogens is 3. The average molecular weight is 823 g/mol.